The Kier molecular flexibility index (Phi) is 5.35. The summed E-state index contributed by atoms with van der Waals surface area (Å²) in [5, 5.41) is 17.1. The molecule has 3 heterocycles. The Hall–Kier alpha value is -4.79. The van der Waals surface area contributed by atoms with Crippen LogP contribution in [-0.4, -0.2) is 26.2 Å². The molecule has 0 spiro atoms. The maximum atomic E-state index is 13.2. The summed E-state index contributed by atoms with van der Waals surface area (Å²) >= 11 is 0. The van der Waals surface area contributed by atoms with E-state index in [1.54, 1.807) is 18.2 Å². The van der Waals surface area contributed by atoms with Gasteiger partial charge in [0.05, 0.1) is 11.5 Å². The molecule has 2 aromatic carbocycles. The fourth-order valence-electron chi connectivity index (χ4n) is 4.02. The summed E-state index contributed by atoms with van der Waals surface area (Å²) < 4.78 is 2.06. The van der Waals surface area contributed by atoms with E-state index in [0.29, 0.717) is 24.2 Å². The fraction of sp³-hybridized carbons (Fsp3) is 0.0800. The number of hydrogen-bond donors (Lipinski definition) is 2. The number of para-hydroxylation sites is 2. The summed E-state index contributed by atoms with van der Waals surface area (Å²) in [6.07, 6.45) is 3.29. The zero-order chi connectivity index (χ0) is 23.7. The maximum Gasteiger partial charge on any atom is 0.282 e. The number of aromatic nitrogens is 2. The highest BCUT2D eigenvalue weighted by Gasteiger charge is 2.22. The number of fused-ring (bicyclic) bond motifs is 2. The van der Waals surface area contributed by atoms with Crippen LogP contribution in [0, 0.1) is 10.1 Å². The lowest BCUT2D eigenvalue weighted by atomic mass is 10.1. The van der Waals surface area contributed by atoms with Gasteiger partial charge >= 0.3 is 0 Å². The SMILES string of the molecule is O=C(Nc1ccc(C(=O)c2ccn3c2CNc2ccccc2C3)cn1)c1ccccc1[N+](=O)[O-]. The number of amides is 1. The molecule has 9 nitrogen and oxygen atoms in total. The monoisotopic (exact) mass is 453 g/mol. The molecule has 0 bridgehead atoms. The largest absolute Gasteiger partial charge is 0.379 e. The number of nitrogens with one attached hydrogen (secondary N) is 2. The lowest BCUT2D eigenvalue weighted by molar-refractivity contribution is -0.385. The second kappa shape index (κ2) is 8.62. The van der Waals surface area contributed by atoms with Crippen LogP contribution in [0.5, 0.6) is 0 Å². The molecule has 0 radical (unpaired) electrons. The summed E-state index contributed by atoms with van der Waals surface area (Å²) in [5.41, 5.74) is 3.67. The van der Waals surface area contributed by atoms with Crippen LogP contribution in [0.1, 0.15) is 37.5 Å². The zero-order valence-electron chi connectivity index (χ0n) is 17.9. The quantitative estimate of drug-likeness (QED) is 0.265. The van der Waals surface area contributed by atoms with Gasteiger partial charge in [-0.1, -0.05) is 30.3 Å². The Morgan fingerprint density at radius 3 is 2.59 bits per heavy atom. The smallest absolute Gasteiger partial charge is 0.282 e. The molecule has 1 aliphatic rings. The van der Waals surface area contributed by atoms with Crippen LogP contribution in [0.25, 0.3) is 0 Å². The highest BCUT2D eigenvalue weighted by molar-refractivity contribution is 6.10. The van der Waals surface area contributed by atoms with Crippen molar-refractivity contribution >= 4 is 28.9 Å². The lowest BCUT2D eigenvalue weighted by Crippen LogP contribution is -2.15. The first-order chi connectivity index (χ1) is 16.5. The number of anilines is 2. The highest BCUT2D eigenvalue weighted by Crippen LogP contribution is 2.26. The number of benzene rings is 2. The van der Waals surface area contributed by atoms with E-state index in [9.17, 15) is 19.7 Å². The molecular formula is C25H19N5O4. The lowest BCUT2D eigenvalue weighted by Gasteiger charge is -2.08. The molecule has 1 aliphatic heterocycles. The Morgan fingerprint density at radius 1 is 1.00 bits per heavy atom. The number of hydrogen-bond acceptors (Lipinski definition) is 6. The average Bonchev–Trinajstić information content (AvgIpc) is 3.16. The van der Waals surface area contributed by atoms with Gasteiger partial charge in [0.2, 0.25) is 0 Å². The number of carbonyl (C=O) groups excluding carboxylic acids is 2. The summed E-state index contributed by atoms with van der Waals surface area (Å²) in [6.45, 7) is 1.18. The van der Waals surface area contributed by atoms with Crippen molar-refractivity contribution in [2.75, 3.05) is 10.6 Å². The third-order valence-corrected chi connectivity index (χ3v) is 5.74. The van der Waals surface area contributed by atoms with Gasteiger partial charge in [0.1, 0.15) is 11.4 Å². The van der Waals surface area contributed by atoms with Crippen molar-refractivity contribution in [1.29, 1.82) is 0 Å². The Bertz CT molecular complexity index is 1430. The molecule has 168 valence electrons. The van der Waals surface area contributed by atoms with E-state index in [-0.39, 0.29) is 22.9 Å². The number of rotatable bonds is 5. The van der Waals surface area contributed by atoms with Gasteiger partial charge in [-0.25, -0.2) is 4.98 Å². The van der Waals surface area contributed by atoms with E-state index in [2.05, 4.69) is 26.3 Å². The predicted octanol–water partition coefficient (Wildman–Crippen LogP) is 4.25. The molecule has 4 aromatic rings. The van der Waals surface area contributed by atoms with Gasteiger partial charge < -0.3 is 15.2 Å². The summed E-state index contributed by atoms with van der Waals surface area (Å²) in [6, 6.07) is 18.6. The topological polar surface area (TPSA) is 119 Å². The minimum atomic E-state index is -0.651. The van der Waals surface area contributed by atoms with E-state index < -0.39 is 10.8 Å². The molecular weight excluding hydrogens is 434 g/mol. The van der Waals surface area contributed by atoms with Gasteiger partial charge in [-0.15, -0.1) is 0 Å². The molecule has 0 fully saturated rings. The van der Waals surface area contributed by atoms with Crippen LogP contribution in [0.3, 0.4) is 0 Å². The Balaban J connectivity index is 1.34. The summed E-state index contributed by atoms with van der Waals surface area (Å²) in [4.78, 5) is 40.4. The number of pyridine rings is 1. The van der Waals surface area contributed by atoms with Crippen LogP contribution < -0.4 is 10.6 Å². The molecule has 0 unspecified atom stereocenters. The molecule has 1 amide bonds. The standard InChI is InChI=1S/C25H19N5O4/c31-24(18-11-12-29-15-17-5-1-3-7-20(17)26-14-22(18)29)16-9-10-23(27-13-16)28-25(32)19-6-2-4-8-21(19)30(33)34/h1-13,26H,14-15H2,(H,27,28,32). The van der Waals surface area contributed by atoms with Gasteiger partial charge in [0, 0.05) is 47.5 Å². The average molecular weight is 453 g/mol. The molecule has 5 rings (SSSR count). The van der Waals surface area contributed by atoms with Crippen molar-refractivity contribution in [3.05, 3.63) is 117 Å². The van der Waals surface area contributed by atoms with Crippen LogP contribution in [-0.2, 0) is 13.1 Å². The summed E-state index contributed by atoms with van der Waals surface area (Å²) in [5.74, 6) is -0.639. The molecule has 34 heavy (non-hydrogen) atoms. The zero-order valence-corrected chi connectivity index (χ0v) is 17.9. The van der Waals surface area contributed by atoms with E-state index in [4.69, 9.17) is 0 Å². The number of nitro groups is 1. The molecule has 2 N–H and O–H groups in total. The van der Waals surface area contributed by atoms with Crippen molar-refractivity contribution < 1.29 is 14.5 Å². The van der Waals surface area contributed by atoms with E-state index >= 15 is 0 Å². The molecule has 0 aliphatic carbocycles. The van der Waals surface area contributed by atoms with Gasteiger partial charge in [-0.3, -0.25) is 19.7 Å². The Labute approximate surface area is 194 Å². The van der Waals surface area contributed by atoms with Gasteiger partial charge in [-0.05, 0) is 35.9 Å². The van der Waals surface area contributed by atoms with E-state index in [1.165, 1.54) is 30.5 Å². The maximum absolute atomic E-state index is 13.2. The number of ketones is 1. The van der Waals surface area contributed by atoms with Crippen molar-refractivity contribution in [2.24, 2.45) is 0 Å². The van der Waals surface area contributed by atoms with Crippen molar-refractivity contribution in [1.82, 2.24) is 9.55 Å². The van der Waals surface area contributed by atoms with Crippen LogP contribution in [0.15, 0.2) is 79.1 Å². The van der Waals surface area contributed by atoms with E-state index in [0.717, 1.165) is 16.9 Å². The molecule has 0 saturated heterocycles. The van der Waals surface area contributed by atoms with Crippen LogP contribution in [0.2, 0.25) is 0 Å². The first kappa shape index (κ1) is 21.1. The first-order valence-electron chi connectivity index (χ1n) is 10.6. The van der Waals surface area contributed by atoms with Gasteiger partial charge in [0.25, 0.3) is 11.6 Å². The van der Waals surface area contributed by atoms with Gasteiger partial charge in [0.15, 0.2) is 5.78 Å². The van der Waals surface area contributed by atoms with Crippen LogP contribution >= 0.6 is 0 Å². The molecule has 0 atom stereocenters. The highest BCUT2D eigenvalue weighted by atomic mass is 16.6. The molecule has 2 aromatic heterocycles. The normalized spacial score (nSPS) is 12.0. The minimum absolute atomic E-state index is 0.0700. The third kappa shape index (κ3) is 3.90. The predicted molar refractivity (Wildman–Crippen MR) is 126 cm³/mol. The van der Waals surface area contributed by atoms with E-state index in [1.807, 2.05) is 24.4 Å². The van der Waals surface area contributed by atoms with Crippen molar-refractivity contribution in [3.8, 4) is 0 Å². The van der Waals surface area contributed by atoms with Crippen molar-refractivity contribution in [2.45, 2.75) is 13.1 Å². The Morgan fingerprint density at radius 2 is 1.79 bits per heavy atom. The minimum Gasteiger partial charge on any atom is -0.379 e. The van der Waals surface area contributed by atoms with Crippen molar-refractivity contribution in [3.63, 3.8) is 0 Å². The van der Waals surface area contributed by atoms with Gasteiger partial charge in [-0.2, -0.15) is 0 Å². The summed E-state index contributed by atoms with van der Waals surface area (Å²) in [7, 11) is 0. The number of carbonyl (C=O) groups is 2. The second-order valence-electron chi connectivity index (χ2n) is 7.80. The number of nitrogens with zero attached hydrogens (tertiary/aromatic N) is 3. The third-order valence-electron chi connectivity index (χ3n) is 5.74. The number of nitro benzene ring substituents is 1. The first-order valence-corrected chi connectivity index (χ1v) is 10.6. The van der Waals surface area contributed by atoms with Crippen LogP contribution in [0.4, 0.5) is 17.2 Å². The molecule has 9 heteroatoms. The fourth-order valence-corrected chi connectivity index (χ4v) is 4.02. The molecule has 0 saturated carbocycles. The second-order valence-corrected chi connectivity index (χ2v) is 7.80.